The molecule has 1 aliphatic rings. The minimum atomic E-state index is -0.548. The fourth-order valence-electron chi connectivity index (χ4n) is 1.83. The minimum Gasteiger partial charge on any atom is -0.497 e. The van der Waals surface area contributed by atoms with Gasteiger partial charge in [-0.15, -0.1) is 0 Å². The number of nitrogens with zero attached hydrogens (tertiary/aromatic N) is 1. The van der Waals surface area contributed by atoms with Crippen LogP contribution in [0, 0.1) is 0 Å². The fraction of sp³-hybridized carbons (Fsp3) is 0.333. The Kier molecular flexibility index (Phi) is 3.43. The van der Waals surface area contributed by atoms with Crippen LogP contribution in [0.3, 0.4) is 0 Å². The molecule has 1 N–H and O–H groups in total. The number of carbonyl (C=O) groups excluding carboxylic acids is 2. The monoisotopic (exact) mass is 268 g/mol. The van der Waals surface area contributed by atoms with E-state index < -0.39 is 6.04 Å². The summed E-state index contributed by atoms with van der Waals surface area (Å²) >= 11 is 6.07. The molecule has 0 saturated carbocycles. The number of rotatable bonds is 2. The molecule has 1 aromatic carbocycles. The molecule has 1 saturated heterocycles. The van der Waals surface area contributed by atoms with Crippen molar-refractivity contribution in [3.05, 3.63) is 23.2 Å². The average molecular weight is 269 g/mol. The van der Waals surface area contributed by atoms with Crippen LogP contribution < -0.4 is 15.0 Å². The first-order valence-electron chi connectivity index (χ1n) is 5.47. The number of anilines is 1. The van der Waals surface area contributed by atoms with E-state index in [-0.39, 0.29) is 18.4 Å². The van der Waals surface area contributed by atoms with Gasteiger partial charge in [-0.3, -0.25) is 14.5 Å². The second kappa shape index (κ2) is 4.86. The number of nitrogens with one attached hydrogen (secondary N) is 1. The third kappa shape index (κ3) is 2.26. The third-order valence-corrected chi connectivity index (χ3v) is 3.08. The highest BCUT2D eigenvalue weighted by Crippen LogP contribution is 2.31. The lowest BCUT2D eigenvalue weighted by atomic mass is 10.2. The Hall–Kier alpha value is -1.75. The standard InChI is InChI=1S/C12H13ClN2O3/c1-7-12(17)15(6-11(16)14-7)10-5-8(18-2)3-4-9(10)13/h3-5,7H,6H2,1-2H3,(H,14,16). The number of ether oxygens (including phenoxy) is 1. The van der Waals surface area contributed by atoms with Gasteiger partial charge in [0, 0.05) is 6.07 Å². The zero-order chi connectivity index (χ0) is 13.3. The molecule has 0 bridgehead atoms. The van der Waals surface area contributed by atoms with E-state index in [2.05, 4.69) is 5.32 Å². The lowest BCUT2D eigenvalue weighted by Crippen LogP contribution is -2.57. The molecule has 2 amide bonds. The maximum atomic E-state index is 12.0. The molecule has 1 aliphatic heterocycles. The van der Waals surface area contributed by atoms with Gasteiger partial charge in [0.1, 0.15) is 18.3 Å². The molecule has 1 fully saturated rings. The molecule has 2 rings (SSSR count). The molecule has 0 aromatic heterocycles. The smallest absolute Gasteiger partial charge is 0.249 e. The molecule has 1 heterocycles. The Bertz CT molecular complexity index is 504. The van der Waals surface area contributed by atoms with E-state index in [0.717, 1.165) is 0 Å². The summed E-state index contributed by atoms with van der Waals surface area (Å²) in [5.74, 6) is 0.187. The first-order chi connectivity index (χ1) is 8.52. The quantitative estimate of drug-likeness (QED) is 0.877. The summed E-state index contributed by atoms with van der Waals surface area (Å²) in [5.41, 5.74) is 0.489. The van der Waals surface area contributed by atoms with Crippen molar-refractivity contribution < 1.29 is 14.3 Å². The molecular formula is C12H13ClN2O3. The second-order valence-electron chi connectivity index (χ2n) is 4.03. The van der Waals surface area contributed by atoms with Crippen molar-refractivity contribution in [3.8, 4) is 5.75 Å². The summed E-state index contributed by atoms with van der Waals surface area (Å²) in [6.07, 6.45) is 0. The van der Waals surface area contributed by atoms with Crippen molar-refractivity contribution in [1.29, 1.82) is 0 Å². The van der Waals surface area contributed by atoms with Gasteiger partial charge < -0.3 is 10.1 Å². The number of hydrogen-bond donors (Lipinski definition) is 1. The summed E-state index contributed by atoms with van der Waals surface area (Å²) in [7, 11) is 1.53. The molecule has 1 aromatic rings. The summed E-state index contributed by atoms with van der Waals surface area (Å²) in [6, 6.07) is 4.43. The van der Waals surface area contributed by atoms with Crippen LogP contribution in [0.1, 0.15) is 6.92 Å². The third-order valence-electron chi connectivity index (χ3n) is 2.76. The molecule has 5 nitrogen and oxygen atoms in total. The highest BCUT2D eigenvalue weighted by atomic mass is 35.5. The minimum absolute atomic E-state index is 0.0317. The van der Waals surface area contributed by atoms with Gasteiger partial charge in [-0.05, 0) is 19.1 Å². The summed E-state index contributed by atoms with van der Waals surface area (Å²) in [5, 5.41) is 2.98. The Labute approximate surface area is 110 Å². The van der Waals surface area contributed by atoms with Gasteiger partial charge in [0.05, 0.1) is 17.8 Å². The first kappa shape index (κ1) is 12.7. The summed E-state index contributed by atoms with van der Waals surface area (Å²) < 4.78 is 5.09. The SMILES string of the molecule is COc1ccc(Cl)c(N2CC(=O)NC(C)C2=O)c1. The maximum absolute atomic E-state index is 12.0. The van der Waals surface area contributed by atoms with Crippen molar-refractivity contribution in [2.24, 2.45) is 0 Å². The lowest BCUT2D eigenvalue weighted by Gasteiger charge is -2.31. The zero-order valence-corrected chi connectivity index (χ0v) is 10.8. The van der Waals surface area contributed by atoms with Crippen LogP contribution in [0.2, 0.25) is 5.02 Å². The topological polar surface area (TPSA) is 58.6 Å². The number of benzene rings is 1. The molecule has 0 spiro atoms. The molecule has 0 aliphatic carbocycles. The second-order valence-corrected chi connectivity index (χ2v) is 4.44. The van der Waals surface area contributed by atoms with Crippen LogP contribution >= 0.6 is 11.6 Å². The van der Waals surface area contributed by atoms with Gasteiger partial charge in [-0.25, -0.2) is 0 Å². The number of carbonyl (C=O) groups is 2. The number of halogens is 1. The first-order valence-corrected chi connectivity index (χ1v) is 5.85. The molecule has 96 valence electrons. The Morgan fingerprint density at radius 1 is 1.44 bits per heavy atom. The van der Waals surface area contributed by atoms with Crippen LogP contribution in [0.4, 0.5) is 5.69 Å². The zero-order valence-electron chi connectivity index (χ0n) is 10.1. The maximum Gasteiger partial charge on any atom is 0.249 e. The Morgan fingerprint density at radius 2 is 2.17 bits per heavy atom. The van der Waals surface area contributed by atoms with Crippen molar-refractivity contribution in [3.63, 3.8) is 0 Å². The van der Waals surface area contributed by atoms with Gasteiger partial charge in [-0.2, -0.15) is 0 Å². The highest BCUT2D eigenvalue weighted by molar-refractivity contribution is 6.34. The predicted octanol–water partition coefficient (Wildman–Crippen LogP) is 1.20. The van der Waals surface area contributed by atoms with Gasteiger partial charge >= 0.3 is 0 Å². The van der Waals surface area contributed by atoms with Crippen LogP contribution in [0.25, 0.3) is 0 Å². The molecule has 18 heavy (non-hydrogen) atoms. The fourth-order valence-corrected chi connectivity index (χ4v) is 2.05. The van der Waals surface area contributed by atoms with Gasteiger partial charge in [0.15, 0.2) is 0 Å². The van der Waals surface area contributed by atoms with E-state index >= 15 is 0 Å². The van der Waals surface area contributed by atoms with E-state index in [0.29, 0.717) is 16.5 Å². The van der Waals surface area contributed by atoms with E-state index in [4.69, 9.17) is 16.3 Å². The van der Waals surface area contributed by atoms with Crippen LogP contribution in [-0.2, 0) is 9.59 Å². The normalized spacial score (nSPS) is 19.7. The number of methoxy groups -OCH3 is 1. The largest absolute Gasteiger partial charge is 0.497 e. The molecule has 1 atom stereocenters. The predicted molar refractivity (Wildman–Crippen MR) is 68.0 cm³/mol. The molecule has 6 heteroatoms. The van der Waals surface area contributed by atoms with Gasteiger partial charge in [0.2, 0.25) is 11.8 Å². The molecular weight excluding hydrogens is 256 g/mol. The van der Waals surface area contributed by atoms with E-state index in [1.54, 1.807) is 25.1 Å². The number of amides is 2. The number of hydrogen-bond acceptors (Lipinski definition) is 3. The van der Waals surface area contributed by atoms with Crippen LogP contribution in [0.5, 0.6) is 5.75 Å². The van der Waals surface area contributed by atoms with Crippen molar-refractivity contribution in [1.82, 2.24) is 5.32 Å². The average Bonchev–Trinajstić information content (AvgIpc) is 2.34. The molecule has 0 radical (unpaired) electrons. The van der Waals surface area contributed by atoms with Crippen LogP contribution in [-0.4, -0.2) is 31.5 Å². The van der Waals surface area contributed by atoms with E-state index in [9.17, 15) is 9.59 Å². The van der Waals surface area contributed by atoms with Crippen LogP contribution in [0.15, 0.2) is 18.2 Å². The van der Waals surface area contributed by atoms with Crippen molar-refractivity contribution in [2.45, 2.75) is 13.0 Å². The van der Waals surface area contributed by atoms with E-state index in [1.807, 2.05) is 0 Å². The van der Waals surface area contributed by atoms with Crippen molar-refractivity contribution >= 4 is 29.1 Å². The van der Waals surface area contributed by atoms with Gasteiger partial charge in [0.25, 0.3) is 0 Å². The Balaban J connectivity index is 2.40. The Morgan fingerprint density at radius 3 is 2.83 bits per heavy atom. The van der Waals surface area contributed by atoms with E-state index in [1.165, 1.54) is 12.0 Å². The van der Waals surface area contributed by atoms with Gasteiger partial charge in [-0.1, -0.05) is 11.6 Å². The highest BCUT2D eigenvalue weighted by Gasteiger charge is 2.31. The molecule has 1 unspecified atom stereocenters. The summed E-state index contributed by atoms with van der Waals surface area (Å²) in [4.78, 5) is 24.9. The number of piperazine rings is 1. The summed E-state index contributed by atoms with van der Waals surface area (Å²) in [6.45, 7) is 1.61. The lowest BCUT2D eigenvalue weighted by molar-refractivity contribution is -0.130. The van der Waals surface area contributed by atoms with Crippen molar-refractivity contribution in [2.75, 3.05) is 18.6 Å².